The average Bonchev–Trinajstić information content (AvgIpc) is 3.37. The van der Waals surface area contributed by atoms with Gasteiger partial charge in [0.2, 0.25) is 11.8 Å². The summed E-state index contributed by atoms with van der Waals surface area (Å²) in [5, 5.41) is 0. The first-order valence-electron chi connectivity index (χ1n) is 7.94. The van der Waals surface area contributed by atoms with Crippen molar-refractivity contribution in [3.63, 3.8) is 0 Å². The van der Waals surface area contributed by atoms with E-state index in [4.69, 9.17) is 0 Å². The second-order valence-electron chi connectivity index (χ2n) is 6.11. The van der Waals surface area contributed by atoms with Gasteiger partial charge in [0.1, 0.15) is 5.82 Å². The molecule has 2 amide bonds. The van der Waals surface area contributed by atoms with Gasteiger partial charge in [0, 0.05) is 38.5 Å². The molecule has 0 bridgehead atoms. The fourth-order valence-electron chi connectivity index (χ4n) is 2.87. The van der Waals surface area contributed by atoms with E-state index in [1.165, 1.54) is 12.1 Å². The van der Waals surface area contributed by atoms with Gasteiger partial charge >= 0.3 is 0 Å². The first kappa shape index (κ1) is 15.0. The summed E-state index contributed by atoms with van der Waals surface area (Å²) in [6.07, 6.45) is 2.98. The third kappa shape index (κ3) is 3.64. The summed E-state index contributed by atoms with van der Waals surface area (Å²) in [7, 11) is 0. The van der Waals surface area contributed by atoms with E-state index in [1.54, 1.807) is 6.07 Å². The lowest BCUT2D eigenvalue weighted by molar-refractivity contribution is -0.140. The SMILES string of the molecule is O=C(CCc1cccc(F)c1)N1CCN(C(=O)C2CC2)CC1. The number of carbonyl (C=O) groups excluding carboxylic acids is 2. The first-order valence-corrected chi connectivity index (χ1v) is 7.94. The van der Waals surface area contributed by atoms with Crippen molar-refractivity contribution >= 4 is 11.8 Å². The highest BCUT2D eigenvalue weighted by atomic mass is 19.1. The van der Waals surface area contributed by atoms with Crippen LogP contribution >= 0.6 is 0 Å². The molecule has 1 aromatic carbocycles. The van der Waals surface area contributed by atoms with Gasteiger partial charge in [-0.3, -0.25) is 9.59 Å². The second-order valence-corrected chi connectivity index (χ2v) is 6.11. The van der Waals surface area contributed by atoms with Crippen molar-refractivity contribution in [3.05, 3.63) is 35.6 Å². The van der Waals surface area contributed by atoms with Crippen LogP contribution in [0.3, 0.4) is 0 Å². The van der Waals surface area contributed by atoms with E-state index in [-0.39, 0.29) is 23.5 Å². The highest BCUT2D eigenvalue weighted by Gasteiger charge is 2.35. The molecule has 0 spiro atoms. The minimum absolute atomic E-state index is 0.0859. The molecule has 5 heteroatoms. The Morgan fingerprint density at radius 2 is 1.77 bits per heavy atom. The summed E-state index contributed by atoms with van der Waals surface area (Å²) >= 11 is 0. The van der Waals surface area contributed by atoms with Crippen molar-refractivity contribution < 1.29 is 14.0 Å². The fourth-order valence-corrected chi connectivity index (χ4v) is 2.87. The van der Waals surface area contributed by atoms with Crippen LogP contribution in [0.15, 0.2) is 24.3 Å². The Bertz CT molecular complexity index is 564. The zero-order chi connectivity index (χ0) is 15.5. The molecule has 0 N–H and O–H groups in total. The number of nitrogens with zero attached hydrogens (tertiary/aromatic N) is 2. The lowest BCUT2D eigenvalue weighted by Gasteiger charge is -2.35. The van der Waals surface area contributed by atoms with Crippen LogP contribution in [0.5, 0.6) is 0 Å². The van der Waals surface area contributed by atoms with Gasteiger partial charge in [0.15, 0.2) is 0 Å². The van der Waals surface area contributed by atoms with Crippen LogP contribution in [0.2, 0.25) is 0 Å². The van der Waals surface area contributed by atoms with Gasteiger partial charge in [-0.15, -0.1) is 0 Å². The molecule has 22 heavy (non-hydrogen) atoms. The average molecular weight is 304 g/mol. The van der Waals surface area contributed by atoms with Crippen molar-refractivity contribution in [2.75, 3.05) is 26.2 Å². The summed E-state index contributed by atoms with van der Waals surface area (Å²) in [6, 6.07) is 6.38. The molecule has 0 unspecified atom stereocenters. The molecule has 0 radical (unpaired) electrons. The fraction of sp³-hybridized carbons (Fsp3) is 0.529. The van der Waals surface area contributed by atoms with Gasteiger partial charge in [-0.1, -0.05) is 12.1 Å². The van der Waals surface area contributed by atoms with Crippen LogP contribution < -0.4 is 0 Å². The molecule has 2 aliphatic rings. The van der Waals surface area contributed by atoms with Crippen LogP contribution in [0.25, 0.3) is 0 Å². The number of hydrogen-bond acceptors (Lipinski definition) is 2. The molecule has 1 aliphatic heterocycles. The quantitative estimate of drug-likeness (QED) is 0.851. The van der Waals surface area contributed by atoms with E-state index in [9.17, 15) is 14.0 Å². The van der Waals surface area contributed by atoms with Gasteiger partial charge in [-0.2, -0.15) is 0 Å². The van der Waals surface area contributed by atoms with E-state index >= 15 is 0 Å². The van der Waals surface area contributed by atoms with E-state index in [0.717, 1.165) is 18.4 Å². The number of halogens is 1. The Balaban J connectivity index is 1.44. The maximum atomic E-state index is 13.1. The number of benzene rings is 1. The van der Waals surface area contributed by atoms with Crippen LogP contribution in [-0.4, -0.2) is 47.8 Å². The van der Waals surface area contributed by atoms with Gasteiger partial charge in [-0.25, -0.2) is 4.39 Å². The minimum atomic E-state index is -0.267. The molecule has 1 saturated carbocycles. The van der Waals surface area contributed by atoms with Gasteiger partial charge in [-0.05, 0) is 37.0 Å². The van der Waals surface area contributed by atoms with Crippen molar-refractivity contribution in [3.8, 4) is 0 Å². The molecule has 1 aromatic rings. The molecule has 0 aromatic heterocycles. The van der Waals surface area contributed by atoms with Gasteiger partial charge < -0.3 is 9.80 Å². The lowest BCUT2D eigenvalue weighted by atomic mass is 10.1. The molecule has 0 atom stereocenters. The van der Waals surface area contributed by atoms with Gasteiger partial charge in [0.25, 0.3) is 0 Å². The predicted octanol–water partition coefficient (Wildman–Crippen LogP) is 1.84. The van der Waals surface area contributed by atoms with Crippen molar-refractivity contribution in [2.24, 2.45) is 5.92 Å². The molecular formula is C17H21FN2O2. The number of hydrogen-bond donors (Lipinski definition) is 0. The smallest absolute Gasteiger partial charge is 0.225 e. The Morgan fingerprint density at radius 1 is 1.09 bits per heavy atom. The zero-order valence-electron chi connectivity index (χ0n) is 12.6. The maximum absolute atomic E-state index is 13.1. The normalized spacial score (nSPS) is 18.4. The Morgan fingerprint density at radius 3 is 2.41 bits per heavy atom. The second kappa shape index (κ2) is 6.46. The predicted molar refractivity (Wildman–Crippen MR) is 80.6 cm³/mol. The number of rotatable bonds is 4. The molecule has 3 rings (SSSR count). The third-order valence-corrected chi connectivity index (χ3v) is 4.39. The highest BCUT2D eigenvalue weighted by molar-refractivity contribution is 5.81. The topological polar surface area (TPSA) is 40.6 Å². The molecule has 1 aliphatic carbocycles. The standard InChI is InChI=1S/C17H21FN2O2/c18-15-3-1-2-13(12-15)4-7-16(21)19-8-10-20(11-9-19)17(22)14-5-6-14/h1-3,12,14H,4-11H2. The first-order chi connectivity index (χ1) is 10.6. The minimum Gasteiger partial charge on any atom is -0.339 e. The summed E-state index contributed by atoms with van der Waals surface area (Å²) in [5.74, 6) is 0.321. The van der Waals surface area contributed by atoms with E-state index in [2.05, 4.69) is 0 Å². The molecule has 4 nitrogen and oxygen atoms in total. The number of amides is 2. The lowest BCUT2D eigenvalue weighted by Crippen LogP contribution is -2.51. The Labute approximate surface area is 129 Å². The molecule has 1 heterocycles. The van der Waals surface area contributed by atoms with Crippen molar-refractivity contribution in [1.29, 1.82) is 0 Å². The van der Waals surface area contributed by atoms with Crippen LogP contribution in [0, 0.1) is 11.7 Å². The zero-order valence-corrected chi connectivity index (χ0v) is 12.6. The number of carbonyl (C=O) groups is 2. The van der Waals surface area contributed by atoms with Crippen molar-refractivity contribution in [1.82, 2.24) is 9.80 Å². The highest BCUT2D eigenvalue weighted by Crippen LogP contribution is 2.31. The summed E-state index contributed by atoms with van der Waals surface area (Å²) in [5.41, 5.74) is 0.843. The molecule has 2 fully saturated rings. The van der Waals surface area contributed by atoms with Crippen LogP contribution in [-0.2, 0) is 16.0 Å². The summed E-state index contributed by atoms with van der Waals surface area (Å²) < 4.78 is 13.1. The largest absolute Gasteiger partial charge is 0.339 e. The van der Waals surface area contributed by atoms with E-state index in [0.29, 0.717) is 39.0 Å². The van der Waals surface area contributed by atoms with Crippen LogP contribution in [0.1, 0.15) is 24.8 Å². The monoisotopic (exact) mass is 304 g/mol. The summed E-state index contributed by atoms with van der Waals surface area (Å²) in [4.78, 5) is 27.9. The molecular weight excluding hydrogens is 283 g/mol. The van der Waals surface area contributed by atoms with Crippen molar-refractivity contribution in [2.45, 2.75) is 25.7 Å². The molecule has 118 valence electrons. The van der Waals surface area contributed by atoms with E-state index < -0.39 is 0 Å². The Kier molecular flexibility index (Phi) is 4.41. The van der Waals surface area contributed by atoms with Crippen LogP contribution in [0.4, 0.5) is 4.39 Å². The summed E-state index contributed by atoms with van der Waals surface area (Å²) in [6.45, 7) is 2.50. The number of piperazine rings is 1. The Hall–Kier alpha value is -1.91. The molecule has 1 saturated heterocycles. The third-order valence-electron chi connectivity index (χ3n) is 4.39. The number of aryl methyl sites for hydroxylation is 1. The van der Waals surface area contributed by atoms with E-state index in [1.807, 2.05) is 15.9 Å². The maximum Gasteiger partial charge on any atom is 0.225 e. The van der Waals surface area contributed by atoms with Gasteiger partial charge in [0.05, 0.1) is 0 Å².